The quantitative estimate of drug-likeness (QED) is 0.345. The molecule has 0 spiro atoms. The van der Waals surface area contributed by atoms with E-state index >= 15 is 0 Å². The van der Waals surface area contributed by atoms with E-state index in [1.807, 2.05) is 6.07 Å². The molecular formula is C23H29N5O2S2. The van der Waals surface area contributed by atoms with Gasteiger partial charge in [0, 0.05) is 47.5 Å². The van der Waals surface area contributed by atoms with Crippen LogP contribution in [-0.2, 0) is 17.7 Å². The molecule has 0 unspecified atom stereocenters. The van der Waals surface area contributed by atoms with Crippen molar-refractivity contribution in [3.05, 3.63) is 45.4 Å². The minimum atomic E-state index is 0.156. The van der Waals surface area contributed by atoms with E-state index in [1.54, 1.807) is 11.3 Å². The molecule has 9 heteroatoms. The maximum absolute atomic E-state index is 13.1. The third kappa shape index (κ3) is 4.51. The number of hydrogen-bond acceptors (Lipinski definition) is 7. The lowest BCUT2D eigenvalue weighted by Gasteiger charge is -2.27. The molecule has 1 saturated heterocycles. The predicted octanol–water partition coefficient (Wildman–Crippen LogP) is 4.15. The summed E-state index contributed by atoms with van der Waals surface area (Å²) in [6.45, 7) is 8.17. The highest BCUT2D eigenvalue weighted by atomic mass is 32.2. The number of thioether (sulfide) groups is 1. The first-order chi connectivity index (χ1) is 15.6. The number of carbonyl (C=O) groups excluding carboxylic acids is 1. The molecule has 5 rings (SSSR count). The van der Waals surface area contributed by atoms with Crippen LogP contribution in [0.1, 0.15) is 45.5 Å². The highest BCUT2D eigenvalue weighted by molar-refractivity contribution is 7.99. The number of aryl methyl sites for hydroxylation is 2. The molecule has 0 radical (unpaired) electrons. The Hall–Kier alpha value is -2.10. The zero-order chi connectivity index (χ0) is 22.1. The minimum Gasteiger partial charge on any atom is -0.378 e. The molecule has 32 heavy (non-hydrogen) atoms. The van der Waals surface area contributed by atoms with Gasteiger partial charge in [0.25, 0.3) is 0 Å². The first-order valence-electron chi connectivity index (χ1n) is 11.2. The fourth-order valence-corrected chi connectivity index (χ4v) is 5.89. The van der Waals surface area contributed by atoms with Crippen molar-refractivity contribution in [1.29, 1.82) is 0 Å². The molecule has 0 bridgehead atoms. The highest BCUT2D eigenvalue weighted by Gasteiger charge is 2.32. The van der Waals surface area contributed by atoms with Crippen molar-refractivity contribution in [2.24, 2.45) is 0 Å². The van der Waals surface area contributed by atoms with Gasteiger partial charge in [-0.2, -0.15) is 0 Å². The van der Waals surface area contributed by atoms with Crippen LogP contribution < -0.4 is 4.90 Å². The van der Waals surface area contributed by atoms with Crippen molar-refractivity contribution in [2.75, 3.05) is 37.0 Å². The zero-order valence-corrected chi connectivity index (χ0v) is 20.3. The third-order valence-corrected chi connectivity index (χ3v) is 8.10. The molecule has 0 amide bonds. The summed E-state index contributed by atoms with van der Waals surface area (Å²) in [6, 6.07) is 6.76. The number of nitrogens with zero attached hydrogens (tertiary/aromatic N) is 5. The molecule has 2 fully saturated rings. The van der Waals surface area contributed by atoms with Crippen LogP contribution in [0.4, 0.5) is 5.95 Å². The summed E-state index contributed by atoms with van der Waals surface area (Å²) >= 11 is 3.30. The van der Waals surface area contributed by atoms with E-state index in [0.29, 0.717) is 11.8 Å². The number of thiophene rings is 1. The van der Waals surface area contributed by atoms with Crippen LogP contribution in [-0.4, -0.2) is 57.2 Å². The van der Waals surface area contributed by atoms with Gasteiger partial charge in [0.05, 0.1) is 19.0 Å². The van der Waals surface area contributed by atoms with E-state index in [2.05, 4.69) is 55.6 Å². The van der Waals surface area contributed by atoms with Gasteiger partial charge < -0.3 is 14.2 Å². The lowest BCUT2D eigenvalue weighted by Crippen LogP contribution is -2.38. The lowest BCUT2D eigenvalue weighted by molar-refractivity contribution is 0.102. The number of ether oxygens (including phenoxy) is 1. The average molecular weight is 472 g/mol. The first kappa shape index (κ1) is 21.7. The number of Topliss-reactive ketones (excluding diaryl/α,β-unsaturated/α-hetero) is 1. The molecule has 1 saturated carbocycles. The van der Waals surface area contributed by atoms with Crippen molar-refractivity contribution < 1.29 is 9.53 Å². The van der Waals surface area contributed by atoms with Crippen LogP contribution >= 0.6 is 23.1 Å². The largest absolute Gasteiger partial charge is 0.378 e. The standard InChI is InChI=1S/C23H29N5O2S2/c1-16-14-20(17(2)27(16)8-7-19-4-3-13-31-19)21(29)15-32-23-25-24-22(28(23)18-5-6-18)26-9-11-30-12-10-26/h3-4,13-14,18H,5-12,15H2,1-2H3. The Balaban J connectivity index is 1.27. The monoisotopic (exact) mass is 471 g/mol. The second-order valence-electron chi connectivity index (χ2n) is 8.46. The summed E-state index contributed by atoms with van der Waals surface area (Å²) in [6.07, 6.45) is 3.30. The second-order valence-corrected chi connectivity index (χ2v) is 10.4. The zero-order valence-electron chi connectivity index (χ0n) is 18.6. The Labute approximate surface area is 196 Å². The van der Waals surface area contributed by atoms with Crippen LogP contribution in [0.3, 0.4) is 0 Å². The number of anilines is 1. The smallest absolute Gasteiger partial charge is 0.228 e. The van der Waals surface area contributed by atoms with Gasteiger partial charge in [-0.15, -0.1) is 21.5 Å². The minimum absolute atomic E-state index is 0.156. The summed E-state index contributed by atoms with van der Waals surface area (Å²) in [5.74, 6) is 1.46. The SMILES string of the molecule is Cc1cc(C(=O)CSc2nnc(N3CCOCC3)n2C2CC2)c(C)n1CCc1cccs1. The Bertz CT molecular complexity index is 1080. The molecule has 7 nitrogen and oxygen atoms in total. The van der Waals surface area contributed by atoms with E-state index in [0.717, 1.165) is 80.2 Å². The van der Waals surface area contributed by atoms with Crippen LogP contribution in [0.25, 0.3) is 0 Å². The Morgan fingerprint density at radius 1 is 1.25 bits per heavy atom. The van der Waals surface area contributed by atoms with Gasteiger partial charge in [-0.05, 0) is 50.6 Å². The molecular weight excluding hydrogens is 442 g/mol. The molecule has 1 aliphatic heterocycles. The molecule has 4 heterocycles. The van der Waals surface area contributed by atoms with Crippen LogP contribution in [0, 0.1) is 13.8 Å². The van der Waals surface area contributed by atoms with Crippen molar-refractivity contribution in [1.82, 2.24) is 19.3 Å². The molecule has 0 aromatic carbocycles. The Morgan fingerprint density at radius 3 is 2.78 bits per heavy atom. The lowest BCUT2D eigenvalue weighted by atomic mass is 10.2. The number of carbonyl (C=O) groups is 1. The fourth-order valence-electron chi connectivity index (χ4n) is 4.31. The van der Waals surface area contributed by atoms with Gasteiger partial charge in [-0.1, -0.05) is 17.8 Å². The summed E-state index contributed by atoms with van der Waals surface area (Å²) < 4.78 is 9.99. The van der Waals surface area contributed by atoms with Gasteiger partial charge in [0.1, 0.15) is 0 Å². The second kappa shape index (κ2) is 9.41. The van der Waals surface area contributed by atoms with Gasteiger partial charge in [-0.25, -0.2) is 0 Å². The maximum atomic E-state index is 13.1. The van der Waals surface area contributed by atoms with E-state index in [1.165, 1.54) is 16.6 Å². The average Bonchev–Trinajstić information content (AvgIpc) is 3.21. The Morgan fingerprint density at radius 2 is 2.06 bits per heavy atom. The predicted molar refractivity (Wildman–Crippen MR) is 128 cm³/mol. The molecule has 3 aromatic rings. The number of ketones is 1. The van der Waals surface area contributed by atoms with Crippen molar-refractivity contribution in [2.45, 2.75) is 50.9 Å². The maximum Gasteiger partial charge on any atom is 0.228 e. The number of aromatic nitrogens is 4. The van der Waals surface area contributed by atoms with Crippen molar-refractivity contribution in [3.63, 3.8) is 0 Å². The van der Waals surface area contributed by atoms with Gasteiger partial charge in [0.2, 0.25) is 5.95 Å². The summed E-state index contributed by atoms with van der Waals surface area (Å²) in [7, 11) is 0. The van der Waals surface area contributed by atoms with Gasteiger partial charge in [-0.3, -0.25) is 9.36 Å². The van der Waals surface area contributed by atoms with E-state index in [4.69, 9.17) is 4.74 Å². The van der Waals surface area contributed by atoms with Crippen molar-refractivity contribution in [3.8, 4) is 0 Å². The third-order valence-electron chi connectivity index (χ3n) is 6.22. The van der Waals surface area contributed by atoms with Crippen LogP contribution in [0.5, 0.6) is 0 Å². The van der Waals surface area contributed by atoms with E-state index in [9.17, 15) is 4.79 Å². The summed E-state index contributed by atoms with van der Waals surface area (Å²) in [4.78, 5) is 16.7. The number of morpholine rings is 1. The molecule has 3 aromatic heterocycles. The molecule has 2 aliphatic rings. The van der Waals surface area contributed by atoms with Crippen LogP contribution in [0.15, 0.2) is 28.7 Å². The number of hydrogen-bond donors (Lipinski definition) is 0. The molecule has 0 N–H and O–H groups in total. The van der Waals surface area contributed by atoms with Crippen molar-refractivity contribution >= 4 is 34.8 Å². The van der Waals surface area contributed by atoms with Crippen LogP contribution in [0.2, 0.25) is 0 Å². The highest BCUT2D eigenvalue weighted by Crippen LogP contribution is 2.41. The summed E-state index contributed by atoms with van der Waals surface area (Å²) in [5, 5.41) is 11.9. The fraction of sp³-hybridized carbons (Fsp3) is 0.522. The first-order valence-corrected chi connectivity index (χ1v) is 13.1. The van der Waals surface area contributed by atoms with Gasteiger partial charge in [0.15, 0.2) is 10.9 Å². The van der Waals surface area contributed by atoms with Gasteiger partial charge >= 0.3 is 0 Å². The molecule has 170 valence electrons. The summed E-state index contributed by atoms with van der Waals surface area (Å²) in [5.41, 5.74) is 3.03. The number of rotatable bonds is 9. The topological polar surface area (TPSA) is 65.2 Å². The molecule has 0 atom stereocenters. The molecule has 1 aliphatic carbocycles. The van der Waals surface area contributed by atoms with E-state index < -0.39 is 0 Å². The Kier molecular flexibility index (Phi) is 6.39. The van der Waals surface area contributed by atoms with E-state index in [-0.39, 0.29) is 5.78 Å². The normalized spacial score (nSPS) is 16.6.